The van der Waals surface area contributed by atoms with Gasteiger partial charge in [0.25, 0.3) is 5.91 Å². The van der Waals surface area contributed by atoms with Gasteiger partial charge in [0, 0.05) is 19.2 Å². The van der Waals surface area contributed by atoms with Gasteiger partial charge in [0.1, 0.15) is 5.75 Å². The van der Waals surface area contributed by atoms with Crippen molar-refractivity contribution in [1.29, 1.82) is 0 Å². The van der Waals surface area contributed by atoms with Crippen molar-refractivity contribution in [3.63, 3.8) is 0 Å². The largest absolute Gasteiger partial charge is 0.482 e. The number of fused-ring (bicyclic) bond motifs is 1. The summed E-state index contributed by atoms with van der Waals surface area (Å²) in [7, 11) is 0. The second-order valence-electron chi connectivity index (χ2n) is 4.38. The third-order valence-corrected chi connectivity index (χ3v) is 3.17. The summed E-state index contributed by atoms with van der Waals surface area (Å²) in [5.41, 5.74) is 1.40. The number of aliphatic hydroxyl groups excluding tert-OH is 1. The summed E-state index contributed by atoms with van der Waals surface area (Å²) in [6, 6.07) is 3.48. The molecule has 1 aliphatic heterocycles. The molecule has 0 unspecified atom stereocenters. The van der Waals surface area contributed by atoms with Crippen LogP contribution in [0.1, 0.15) is 19.3 Å². The first-order chi connectivity index (χ1) is 9.20. The zero-order chi connectivity index (χ0) is 13.7. The number of halogens is 1. The standard InChI is InChI=1S/C13H17ClN2O3/c14-9-6-11-12(19-8-13(18)16-11)7-10(9)15-4-2-1-3-5-17/h6-7,15,17H,1-5,8H2,(H,16,18). The van der Waals surface area contributed by atoms with Gasteiger partial charge in [-0.15, -0.1) is 0 Å². The van der Waals surface area contributed by atoms with Crippen molar-refractivity contribution in [1.82, 2.24) is 0 Å². The molecule has 0 aliphatic carbocycles. The lowest BCUT2D eigenvalue weighted by Crippen LogP contribution is -2.25. The summed E-state index contributed by atoms with van der Waals surface area (Å²) >= 11 is 6.14. The van der Waals surface area contributed by atoms with E-state index < -0.39 is 0 Å². The highest BCUT2D eigenvalue weighted by Crippen LogP contribution is 2.36. The van der Waals surface area contributed by atoms with Crippen LogP contribution in [0.5, 0.6) is 5.75 Å². The molecule has 6 heteroatoms. The lowest BCUT2D eigenvalue weighted by molar-refractivity contribution is -0.118. The van der Waals surface area contributed by atoms with Gasteiger partial charge in [-0.25, -0.2) is 0 Å². The zero-order valence-electron chi connectivity index (χ0n) is 10.5. The van der Waals surface area contributed by atoms with Crippen LogP contribution in [0.4, 0.5) is 11.4 Å². The van der Waals surface area contributed by atoms with Crippen LogP contribution in [0.25, 0.3) is 0 Å². The number of anilines is 2. The Morgan fingerprint density at radius 3 is 3.00 bits per heavy atom. The Balaban J connectivity index is 1.96. The quantitative estimate of drug-likeness (QED) is 0.701. The van der Waals surface area contributed by atoms with Crippen molar-refractivity contribution in [3.8, 4) is 5.75 Å². The van der Waals surface area contributed by atoms with Gasteiger partial charge in [-0.1, -0.05) is 11.6 Å². The van der Waals surface area contributed by atoms with Gasteiger partial charge >= 0.3 is 0 Å². The number of hydrogen-bond donors (Lipinski definition) is 3. The summed E-state index contributed by atoms with van der Waals surface area (Å²) in [4.78, 5) is 11.2. The van der Waals surface area contributed by atoms with Gasteiger partial charge in [0.05, 0.1) is 16.4 Å². The summed E-state index contributed by atoms with van der Waals surface area (Å²) in [6.07, 6.45) is 2.75. The Hall–Kier alpha value is -1.46. The first-order valence-electron chi connectivity index (χ1n) is 6.31. The average Bonchev–Trinajstić information content (AvgIpc) is 2.39. The molecule has 0 bridgehead atoms. The number of nitrogens with one attached hydrogen (secondary N) is 2. The van der Waals surface area contributed by atoms with Crippen LogP contribution in [0.3, 0.4) is 0 Å². The molecule has 0 radical (unpaired) electrons. The second-order valence-corrected chi connectivity index (χ2v) is 4.78. The molecule has 5 nitrogen and oxygen atoms in total. The Morgan fingerprint density at radius 1 is 1.37 bits per heavy atom. The van der Waals surface area contributed by atoms with Crippen molar-refractivity contribution in [2.75, 3.05) is 30.4 Å². The molecule has 0 aromatic heterocycles. The van der Waals surface area contributed by atoms with Crippen LogP contribution in [0, 0.1) is 0 Å². The molecule has 0 fully saturated rings. The Morgan fingerprint density at radius 2 is 2.21 bits per heavy atom. The molecule has 1 amide bonds. The number of aliphatic hydroxyl groups is 1. The highest BCUT2D eigenvalue weighted by atomic mass is 35.5. The van der Waals surface area contributed by atoms with Gasteiger partial charge < -0.3 is 20.5 Å². The smallest absolute Gasteiger partial charge is 0.262 e. The fourth-order valence-corrected chi connectivity index (χ4v) is 2.10. The fourth-order valence-electron chi connectivity index (χ4n) is 1.87. The van der Waals surface area contributed by atoms with E-state index in [0.29, 0.717) is 16.5 Å². The van der Waals surface area contributed by atoms with E-state index in [1.807, 2.05) is 0 Å². The molecule has 1 aromatic rings. The maximum Gasteiger partial charge on any atom is 0.262 e. The summed E-state index contributed by atoms with van der Waals surface area (Å²) in [6.45, 7) is 1.04. The van der Waals surface area contributed by atoms with Crippen LogP contribution in [-0.4, -0.2) is 30.8 Å². The lowest BCUT2D eigenvalue weighted by atomic mass is 10.2. The molecule has 0 saturated heterocycles. The average molecular weight is 285 g/mol. The second kappa shape index (κ2) is 6.63. The molecule has 1 aromatic carbocycles. The number of hydrogen-bond acceptors (Lipinski definition) is 4. The van der Waals surface area contributed by atoms with Crippen molar-refractivity contribution in [2.24, 2.45) is 0 Å². The van der Waals surface area contributed by atoms with E-state index in [2.05, 4.69) is 10.6 Å². The number of rotatable bonds is 6. The topological polar surface area (TPSA) is 70.6 Å². The molecular formula is C13H17ClN2O3. The van der Waals surface area contributed by atoms with Crippen molar-refractivity contribution in [2.45, 2.75) is 19.3 Å². The Labute approximate surface area is 116 Å². The lowest BCUT2D eigenvalue weighted by Gasteiger charge is -2.20. The van der Waals surface area contributed by atoms with Gasteiger partial charge in [-0.05, 0) is 25.3 Å². The third-order valence-electron chi connectivity index (χ3n) is 2.85. The first kappa shape index (κ1) is 14.0. The summed E-state index contributed by atoms with van der Waals surface area (Å²) in [5.74, 6) is 0.454. The van der Waals surface area contributed by atoms with Crippen LogP contribution in [0.2, 0.25) is 5.02 Å². The SMILES string of the molecule is O=C1COc2cc(NCCCCCO)c(Cl)cc2N1. The third kappa shape index (κ3) is 3.75. The molecule has 104 valence electrons. The predicted octanol–water partition coefficient (Wildman–Crippen LogP) is 2.25. The highest BCUT2D eigenvalue weighted by Gasteiger charge is 2.17. The van der Waals surface area contributed by atoms with Crippen LogP contribution in [0.15, 0.2) is 12.1 Å². The number of benzene rings is 1. The normalized spacial score (nSPS) is 13.5. The Bertz CT molecular complexity index is 465. The van der Waals surface area contributed by atoms with E-state index in [1.165, 1.54) is 0 Å². The summed E-state index contributed by atoms with van der Waals surface area (Å²) in [5, 5.41) is 15.2. The van der Waals surface area contributed by atoms with Gasteiger partial charge in [0.2, 0.25) is 0 Å². The minimum atomic E-state index is -0.173. The molecule has 0 atom stereocenters. The number of carbonyl (C=O) groups is 1. The maximum atomic E-state index is 11.2. The summed E-state index contributed by atoms with van der Waals surface area (Å²) < 4.78 is 5.33. The number of unbranched alkanes of at least 4 members (excludes halogenated alkanes) is 2. The Kier molecular flexibility index (Phi) is 4.87. The van der Waals surface area contributed by atoms with Crippen LogP contribution >= 0.6 is 11.6 Å². The number of ether oxygens (including phenoxy) is 1. The van der Waals surface area contributed by atoms with Crippen LogP contribution in [-0.2, 0) is 4.79 Å². The zero-order valence-corrected chi connectivity index (χ0v) is 11.3. The van der Waals surface area contributed by atoms with E-state index >= 15 is 0 Å². The molecule has 2 rings (SSSR count). The minimum absolute atomic E-state index is 0.0323. The molecule has 0 saturated carbocycles. The molecule has 0 spiro atoms. The fraction of sp³-hybridized carbons (Fsp3) is 0.462. The minimum Gasteiger partial charge on any atom is -0.482 e. The first-order valence-corrected chi connectivity index (χ1v) is 6.69. The van der Waals surface area contributed by atoms with Gasteiger partial charge in [-0.3, -0.25) is 4.79 Å². The number of amides is 1. The predicted molar refractivity (Wildman–Crippen MR) is 75.0 cm³/mol. The van der Waals surface area contributed by atoms with Crippen LogP contribution < -0.4 is 15.4 Å². The van der Waals surface area contributed by atoms with E-state index in [1.54, 1.807) is 12.1 Å². The maximum absolute atomic E-state index is 11.2. The molecular weight excluding hydrogens is 268 g/mol. The molecule has 3 N–H and O–H groups in total. The van der Waals surface area contributed by atoms with E-state index in [4.69, 9.17) is 21.4 Å². The highest BCUT2D eigenvalue weighted by molar-refractivity contribution is 6.33. The van der Waals surface area contributed by atoms with Crippen molar-refractivity contribution in [3.05, 3.63) is 17.2 Å². The molecule has 1 aliphatic rings. The molecule has 1 heterocycles. The van der Waals surface area contributed by atoms with E-state index in [9.17, 15) is 4.79 Å². The number of carbonyl (C=O) groups excluding carboxylic acids is 1. The van der Waals surface area contributed by atoms with E-state index in [0.717, 1.165) is 31.5 Å². The van der Waals surface area contributed by atoms with Crippen molar-refractivity contribution >= 4 is 28.9 Å². The van der Waals surface area contributed by atoms with Crippen molar-refractivity contribution < 1.29 is 14.6 Å². The molecule has 19 heavy (non-hydrogen) atoms. The monoisotopic (exact) mass is 284 g/mol. The van der Waals surface area contributed by atoms with Gasteiger partial charge in [-0.2, -0.15) is 0 Å². The van der Waals surface area contributed by atoms with Gasteiger partial charge in [0.15, 0.2) is 6.61 Å². The van der Waals surface area contributed by atoms with E-state index in [-0.39, 0.29) is 19.1 Å².